The number of carbonyl (C=O) groups is 4. The molecule has 3 N–H and O–H groups in total. The maximum atomic E-state index is 13.0. The van der Waals surface area contributed by atoms with Crippen LogP contribution in [-0.4, -0.2) is 96.7 Å². The van der Waals surface area contributed by atoms with E-state index in [4.69, 9.17) is 37.0 Å². The van der Waals surface area contributed by atoms with Gasteiger partial charge in [0, 0.05) is 25.7 Å². The Bertz CT molecular complexity index is 1750. The SMILES string of the molecule is CCCCCCCCCCCCCCCCCC(=O)O[C@H](COC(=O)CCCCCCCCCCCCC(C)C)COP(=O)(O)OC[C@@H](O)COP(=O)(O)OC[C@@H](COC(=O)CCCCCCCCC(C)C)OC(=O)CCCCCCCCCCCCCCC. The predicted octanol–water partition coefficient (Wildman–Crippen LogP) is 20.4. The first-order valence-corrected chi connectivity index (χ1v) is 40.0. The van der Waals surface area contributed by atoms with Gasteiger partial charge >= 0.3 is 39.5 Å². The summed E-state index contributed by atoms with van der Waals surface area (Å²) in [5.41, 5.74) is 0. The first-order chi connectivity index (χ1) is 43.4. The van der Waals surface area contributed by atoms with Crippen LogP contribution in [0.1, 0.15) is 363 Å². The third kappa shape index (κ3) is 64.8. The van der Waals surface area contributed by atoms with Gasteiger partial charge in [-0.2, -0.15) is 0 Å². The summed E-state index contributed by atoms with van der Waals surface area (Å²) in [6, 6.07) is 0. The molecule has 0 aliphatic rings. The minimum Gasteiger partial charge on any atom is -0.462 e. The fraction of sp³-hybridized carbons (Fsp3) is 0.944. The normalized spacial score (nSPS) is 14.1. The number of unbranched alkanes of at least 4 members (excludes halogenated alkanes) is 40. The van der Waals surface area contributed by atoms with Gasteiger partial charge in [-0.25, -0.2) is 9.13 Å². The highest BCUT2D eigenvalue weighted by atomic mass is 31.2. The van der Waals surface area contributed by atoms with E-state index in [0.29, 0.717) is 31.6 Å². The van der Waals surface area contributed by atoms with Gasteiger partial charge in [-0.1, -0.05) is 311 Å². The Hall–Kier alpha value is -1.94. The Morgan fingerprint density at radius 2 is 0.511 bits per heavy atom. The Balaban J connectivity index is 5.24. The van der Waals surface area contributed by atoms with Crippen molar-refractivity contribution in [3.05, 3.63) is 0 Å². The molecule has 0 aromatic rings. The maximum Gasteiger partial charge on any atom is 0.472 e. The van der Waals surface area contributed by atoms with Crippen molar-refractivity contribution in [3.63, 3.8) is 0 Å². The molecule has 0 aromatic carbocycles. The molecule has 0 bridgehead atoms. The lowest BCUT2D eigenvalue weighted by Gasteiger charge is -2.21. The van der Waals surface area contributed by atoms with Gasteiger partial charge in [0.05, 0.1) is 26.4 Å². The zero-order chi connectivity index (χ0) is 66.5. The standard InChI is InChI=1S/C71H138O17P2/c1-7-9-11-13-15-17-19-21-22-24-26-32-36-44-50-56-70(75)87-66(59-81-68(73)53-47-41-34-30-28-27-29-33-39-45-51-63(3)4)61-85-89(77,78)83-57-65(72)58-84-90(79,80)86-62-67(60-82-69(74)54-48-42-38-37-40-46-52-64(5)6)88-71(76)55-49-43-35-31-25-23-20-18-16-14-12-10-8-2/h63-67,72H,7-62H2,1-6H3,(H,77,78)(H,79,80)/t65-,66-,67-/m1/s1. The fourth-order valence-corrected chi connectivity index (χ4v) is 12.3. The number of aliphatic hydroxyl groups is 1. The van der Waals surface area contributed by atoms with Crippen molar-refractivity contribution in [3.8, 4) is 0 Å². The van der Waals surface area contributed by atoms with Crippen molar-refractivity contribution in [2.75, 3.05) is 39.6 Å². The molecule has 0 saturated carbocycles. The number of phosphoric acid groups is 2. The molecule has 0 fully saturated rings. The summed E-state index contributed by atoms with van der Waals surface area (Å²) in [6.07, 6.45) is 48.6. The molecule has 2 unspecified atom stereocenters. The highest BCUT2D eigenvalue weighted by Gasteiger charge is 2.30. The molecule has 534 valence electrons. The lowest BCUT2D eigenvalue weighted by atomic mass is 10.0. The average Bonchev–Trinajstić information content (AvgIpc) is 2.95. The van der Waals surface area contributed by atoms with Crippen LogP contribution in [-0.2, 0) is 65.4 Å². The zero-order valence-electron chi connectivity index (χ0n) is 58.4. The first-order valence-electron chi connectivity index (χ1n) is 37.0. The number of hydrogen-bond acceptors (Lipinski definition) is 15. The van der Waals surface area contributed by atoms with Crippen LogP contribution < -0.4 is 0 Å². The van der Waals surface area contributed by atoms with Crippen molar-refractivity contribution in [1.82, 2.24) is 0 Å². The number of rotatable bonds is 70. The van der Waals surface area contributed by atoms with Gasteiger partial charge in [-0.05, 0) is 37.5 Å². The maximum absolute atomic E-state index is 13.0. The third-order valence-corrected chi connectivity index (χ3v) is 18.4. The molecular weight excluding hydrogens is 1190 g/mol. The van der Waals surface area contributed by atoms with E-state index in [0.717, 1.165) is 102 Å². The van der Waals surface area contributed by atoms with Crippen LogP contribution in [0.2, 0.25) is 0 Å². The topological polar surface area (TPSA) is 237 Å². The zero-order valence-corrected chi connectivity index (χ0v) is 60.2. The van der Waals surface area contributed by atoms with Crippen LogP contribution in [0.3, 0.4) is 0 Å². The van der Waals surface area contributed by atoms with Crippen LogP contribution in [0.25, 0.3) is 0 Å². The summed E-state index contributed by atoms with van der Waals surface area (Å²) >= 11 is 0. The largest absolute Gasteiger partial charge is 0.472 e. The van der Waals surface area contributed by atoms with Gasteiger partial charge in [-0.15, -0.1) is 0 Å². The summed E-state index contributed by atoms with van der Waals surface area (Å²) in [7, 11) is -9.90. The smallest absolute Gasteiger partial charge is 0.462 e. The molecule has 0 saturated heterocycles. The van der Waals surface area contributed by atoms with Gasteiger partial charge in [-0.3, -0.25) is 37.3 Å². The van der Waals surface area contributed by atoms with E-state index in [2.05, 4.69) is 41.5 Å². The number of aliphatic hydroxyl groups excluding tert-OH is 1. The summed E-state index contributed by atoms with van der Waals surface area (Å²) < 4.78 is 68.3. The van der Waals surface area contributed by atoms with Crippen molar-refractivity contribution >= 4 is 39.5 Å². The minimum absolute atomic E-state index is 0.107. The first kappa shape index (κ1) is 88.1. The van der Waals surface area contributed by atoms with E-state index >= 15 is 0 Å². The number of hydrogen-bond donors (Lipinski definition) is 3. The average molecular weight is 1330 g/mol. The van der Waals surface area contributed by atoms with E-state index in [-0.39, 0.29) is 25.7 Å². The van der Waals surface area contributed by atoms with Crippen molar-refractivity contribution in [2.45, 2.75) is 381 Å². The Labute approximate surface area is 549 Å². The highest BCUT2D eigenvalue weighted by Crippen LogP contribution is 2.45. The van der Waals surface area contributed by atoms with E-state index in [1.54, 1.807) is 0 Å². The van der Waals surface area contributed by atoms with Crippen LogP contribution in [0.4, 0.5) is 0 Å². The molecule has 0 radical (unpaired) electrons. The van der Waals surface area contributed by atoms with Crippen molar-refractivity contribution in [2.24, 2.45) is 11.8 Å². The van der Waals surface area contributed by atoms with Crippen LogP contribution >= 0.6 is 15.6 Å². The number of carbonyl (C=O) groups excluding carboxylic acids is 4. The van der Waals surface area contributed by atoms with Gasteiger partial charge in [0.2, 0.25) is 0 Å². The van der Waals surface area contributed by atoms with Crippen molar-refractivity contribution in [1.29, 1.82) is 0 Å². The molecule has 17 nitrogen and oxygen atoms in total. The summed E-state index contributed by atoms with van der Waals surface area (Å²) in [5.74, 6) is -0.684. The minimum atomic E-state index is -4.95. The highest BCUT2D eigenvalue weighted by molar-refractivity contribution is 7.47. The lowest BCUT2D eigenvalue weighted by molar-refractivity contribution is -0.161. The number of esters is 4. The van der Waals surface area contributed by atoms with E-state index in [9.17, 15) is 43.2 Å². The predicted molar refractivity (Wildman–Crippen MR) is 363 cm³/mol. The Morgan fingerprint density at radius 1 is 0.300 bits per heavy atom. The van der Waals surface area contributed by atoms with Crippen LogP contribution in [0.5, 0.6) is 0 Å². The van der Waals surface area contributed by atoms with Crippen LogP contribution in [0, 0.1) is 11.8 Å². The monoisotopic (exact) mass is 1320 g/mol. The molecule has 0 spiro atoms. The second-order valence-corrected chi connectivity index (χ2v) is 29.5. The Morgan fingerprint density at radius 3 is 0.756 bits per heavy atom. The fourth-order valence-electron chi connectivity index (χ4n) is 10.8. The molecule has 0 aliphatic heterocycles. The summed E-state index contributed by atoms with van der Waals surface area (Å²) in [5, 5.41) is 10.6. The van der Waals surface area contributed by atoms with E-state index in [1.807, 2.05) is 0 Å². The lowest BCUT2D eigenvalue weighted by Crippen LogP contribution is -2.30. The van der Waals surface area contributed by atoms with E-state index < -0.39 is 97.5 Å². The molecule has 5 atom stereocenters. The number of ether oxygens (including phenoxy) is 4. The summed E-state index contributed by atoms with van der Waals surface area (Å²) in [6.45, 7) is 9.48. The summed E-state index contributed by atoms with van der Waals surface area (Å²) in [4.78, 5) is 72.6. The van der Waals surface area contributed by atoms with Crippen molar-refractivity contribution < 1.29 is 80.2 Å². The number of phosphoric ester groups is 2. The van der Waals surface area contributed by atoms with Gasteiger partial charge in [0.15, 0.2) is 12.2 Å². The second-order valence-electron chi connectivity index (χ2n) is 26.6. The quantitative estimate of drug-likeness (QED) is 0.0222. The van der Waals surface area contributed by atoms with Gasteiger partial charge in [0.25, 0.3) is 0 Å². The van der Waals surface area contributed by atoms with Gasteiger partial charge in [0.1, 0.15) is 19.3 Å². The van der Waals surface area contributed by atoms with Crippen LogP contribution in [0.15, 0.2) is 0 Å². The molecular formula is C71H138O17P2. The molecule has 0 aromatic heterocycles. The molecule has 0 amide bonds. The van der Waals surface area contributed by atoms with Gasteiger partial charge < -0.3 is 33.8 Å². The molecule has 90 heavy (non-hydrogen) atoms. The molecule has 0 aliphatic carbocycles. The third-order valence-electron chi connectivity index (χ3n) is 16.5. The second kappa shape index (κ2) is 63.1. The molecule has 19 heteroatoms. The molecule has 0 rings (SSSR count). The van der Waals surface area contributed by atoms with E-state index in [1.165, 1.54) is 173 Å². The molecule has 0 heterocycles. The Kier molecular flexibility index (Phi) is 61.8.